The average molecular weight is 273 g/mol. The van der Waals surface area contributed by atoms with Crippen LogP contribution in [0.4, 0.5) is 19.0 Å². The monoisotopic (exact) mass is 273 g/mol. The molecule has 7 heteroatoms. The summed E-state index contributed by atoms with van der Waals surface area (Å²) in [6.45, 7) is 1.74. The average Bonchev–Trinajstić information content (AvgIpc) is 2.81. The first-order valence-corrected chi connectivity index (χ1v) is 6.04. The van der Waals surface area contributed by atoms with Crippen LogP contribution in [-0.2, 0) is 6.18 Å². The summed E-state index contributed by atoms with van der Waals surface area (Å²) in [7, 11) is 0. The fourth-order valence-corrected chi connectivity index (χ4v) is 2.11. The van der Waals surface area contributed by atoms with Crippen LogP contribution in [0.25, 0.3) is 0 Å². The van der Waals surface area contributed by atoms with Crippen LogP contribution in [0.5, 0.6) is 0 Å². The van der Waals surface area contributed by atoms with Crippen LogP contribution in [0.2, 0.25) is 0 Å². The number of aromatic nitrogens is 2. The second-order valence-electron chi connectivity index (χ2n) is 3.63. The van der Waals surface area contributed by atoms with Crippen LogP contribution >= 0.6 is 11.3 Å². The van der Waals surface area contributed by atoms with Crippen molar-refractivity contribution in [2.45, 2.75) is 19.1 Å². The van der Waals surface area contributed by atoms with Crippen molar-refractivity contribution in [2.75, 3.05) is 5.32 Å². The number of halogens is 3. The second-order valence-corrected chi connectivity index (χ2v) is 4.56. The lowest BCUT2D eigenvalue weighted by Gasteiger charge is -2.16. The highest BCUT2D eigenvalue weighted by atomic mass is 32.1. The lowest BCUT2D eigenvalue weighted by molar-refractivity contribution is -0.137. The summed E-state index contributed by atoms with van der Waals surface area (Å²) < 4.78 is 38.2. The Bertz CT molecular complexity index is 511. The van der Waals surface area contributed by atoms with Crippen molar-refractivity contribution < 1.29 is 13.2 Å². The van der Waals surface area contributed by atoms with E-state index < -0.39 is 11.7 Å². The molecule has 0 spiro atoms. The van der Waals surface area contributed by atoms with Crippen LogP contribution in [0, 0.1) is 0 Å². The number of thiazole rings is 1. The quantitative estimate of drug-likeness (QED) is 0.926. The van der Waals surface area contributed by atoms with Gasteiger partial charge in [0.15, 0.2) is 0 Å². The smallest absolute Gasteiger partial charge is 0.361 e. The Morgan fingerprint density at radius 1 is 1.28 bits per heavy atom. The molecule has 0 aromatic carbocycles. The maximum absolute atomic E-state index is 12.7. The van der Waals surface area contributed by atoms with Crippen LogP contribution in [0.15, 0.2) is 29.9 Å². The molecular weight excluding hydrogens is 263 g/mol. The Balaban J connectivity index is 2.24. The van der Waals surface area contributed by atoms with E-state index in [4.69, 9.17) is 0 Å². The number of nitrogens with one attached hydrogen (secondary N) is 1. The van der Waals surface area contributed by atoms with Crippen LogP contribution in [0.1, 0.15) is 23.5 Å². The first-order chi connectivity index (χ1) is 8.48. The highest BCUT2D eigenvalue weighted by Gasteiger charge is 2.34. The number of hydrogen-bond donors (Lipinski definition) is 1. The summed E-state index contributed by atoms with van der Waals surface area (Å²) in [5.41, 5.74) is -0.770. The maximum Gasteiger partial charge on any atom is 0.419 e. The van der Waals surface area contributed by atoms with Crippen molar-refractivity contribution in [3.63, 3.8) is 0 Å². The molecule has 0 aliphatic heterocycles. The van der Waals surface area contributed by atoms with E-state index in [9.17, 15) is 13.2 Å². The molecule has 2 heterocycles. The molecule has 1 N–H and O–H groups in total. The maximum atomic E-state index is 12.7. The zero-order valence-electron chi connectivity index (χ0n) is 9.40. The minimum Gasteiger partial charge on any atom is -0.361 e. The Hall–Kier alpha value is -1.63. The number of pyridine rings is 1. The molecule has 0 saturated heterocycles. The molecule has 0 bridgehead atoms. The summed E-state index contributed by atoms with van der Waals surface area (Å²) in [4.78, 5) is 7.79. The van der Waals surface area contributed by atoms with Crippen molar-refractivity contribution in [3.05, 3.63) is 40.5 Å². The van der Waals surface area contributed by atoms with Crippen LogP contribution in [0.3, 0.4) is 0 Å². The van der Waals surface area contributed by atoms with Crippen molar-refractivity contribution in [1.29, 1.82) is 0 Å². The SMILES string of the molecule is CC(Nc1ncccc1C(F)(F)F)c1nccs1. The van der Waals surface area contributed by atoms with Gasteiger partial charge in [-0.3, -0.25) is 0 Å². The molecule has 0 fully saturated rings. The summed E-state index contributed by atoms with van der Waals surface area (Å²) in [5.74, 6) is -0.173. The lowest BCUT2D eigenvalue weighted by atomic mass is 10.2. The van der Waals surface area contributed by atoms with E-state index in [1.165, 1.54) is 23.6 Å². The Morgan fingerprint density at radius 2 is 2.06 bits per heavy atom. The molecule has 2 rings (SSSR count). The summed E-state index contributed by atoms with van der Waals surface area (Å²) in [6.07, 6.45) is -1.48. The van der Waals surface area contributed by atoms with E-state index in [1.807, 2.05) is 0 Å². The standard InChI is InChI=1S/C11H10F3N3S/c1-7(10-16-5-6-18-10)17-9-8(11(12,13)14)3-2-4-15-9/h2-7H,1H3,(H,15,17). The van der Waals surface area contributed by atoms with Gasteiger partial charge in [0, 0.05) is 17.8 Å². The molecular formula is C11H10F3N3S. The molecule has 0 aliphatic carbocycles. The number of nitrogens with zero attached hydrogens (tertiary/aromatic N) is 2. The van der Waals surface area contributed by atoms with Gasteiger partial charge >= 0.3 is 6.18 Å². The molecule has 0 amide bonds. The fourth-order valence-electron chi connectivity index (χ4n) is 1.46. The van der Waals surface area contributed by atoms with Gasteiger partial charge in [0.05, 0.1) is 11.6 Å². The first-order valence-electron chi connectivity index (χ1n) is 5.16. The number of hydrogen-bond acceptors (Lipinski definition) is 4. The zero-order chi connectivity index (χ0) is 13.2. The Kier molecular flexibility index (Phi) is 3.51. The summed E-state index contributed by atoms with van der Waals surface area (Å²) in [5, 5.41) is 5.23. The van der Waals surface area contributed by atoms with Gasteiger partial charge in [-0.25, -0.2) is 9.97 Å². The molecule has 1 unspecified atom stereocenters. The third kappa shape index (κ3) is 2.79. The van der Waals surface area contributed by atoms with Crippen LogP contribution < -0.4 is 5.32 Å². The molecule has 2 aromatic rings. The van der Waals surface area contributed by atoms with Gasteiger partial charge in [0.1, 0.15) is 10.8 Å². The molecule has 18 heavy (non-hydrogen) atoms. The van der Waals surface area contributed by atoms with E-state index >= 15 is 0 Å². The van der Waals surface area contributed by atoms with Gasteiger partial charge in [-0.1, -0.05) is 0 Å². The van der Waals surface area contributed by atoms with Gasteiger partial charge in [-0.2, -0.15) is 13.2 Å². The van der Waals surface area contributed by atoms with Gasteiger partial charge in [-0.15, -0.1) is 11.3 Å². The van der Waals surface area contributed by atoms with E-state index in [1.54, 1.807) is 18.5 Å². The summed E-state index contributed by atoms with van der Waals surface area (Å²) >= 11 is 1.38. The predicted molar refractivity (Wildman–Crippen MR) is 63.4 cm³/mol. The number of rotatable bonds is 3. The largest absolute Gasteiger partial charge is 0.419 e. The molecule has 0 aliphatic rings. The molecule has 3 nitrogen and oxygen atoms in total. The van der Waals surface area contributed by atoms with Crippen molar-refractivity contribution in [2.24, 2.45) is 0 Å². The van der Waals surface area contributed by atoms with E-state index in [2.05, 4.69) is 15.3 Å². The molecule has 1 atom stereocenters. The van der Waals surface area contributed by atoms with E-state index in [-0.39, 0.29) is 11.9 Å². The van der Waals surface area contributed by atoms with E-state index in [0.717, 1.165) is 6.07 Å². The highest BCUT2D eigenvalue weighted by Crippen LogP contribution is 2.34. The van der Waals surface area contributed by atoms with Gasteiger partial charge in [0.25, 0.3) is 0 Å². The topological polar surface area (TPSA) is 37.8 Å². The third-order valence-corrected chi connectivity index (χ3v) is 3.25. The van der Waals surface area contributed by atoms with Crippen LogP contribution in [-0.4, -0.2) is 9.97 Å². The highest BCUT2D eigenvalue weighted by molar-refractivity contribution is 7.09. The van der Waals surface area contributed by atoms with Gasteiger partial charge < -0.3 is 5.32 Å². The molecule has 0 saturated carbocycles. The molecule has 2 aromatic heterocycles. The molecule has 0 radical (unpaired) electrons. The normalized spacial score (nSPS) is 13.3. The first kappa shape index (κ1) is 12.8. The van der Waals surface area contributed by atoms with Gasteiger partial charge in [-0.05, 0) is 19.1 Å². The van der Waals surface area contributed by atoms with E-state index in [0.29, 0.717) is 5.01 Å². The van der Waals surface area contributed by atoms with Crippen molar-refractivity contribution in [3.8, 4) is 0 Å². The lowest BCUT2D eigenvalue weighted by Crippen LogP contribution is -2.14. The number of alkyl halides is 3. The van der Waals surface area contributed by atoms with Gasteiger partial charge in [0.2, 0.25) is 0 Å². The fraction of sp³-hybridized carbons (Fsp3) is 0.273. The minimum absolute atomic E-state index is 0.173. The summed E-state index contributed by atoms with van der Waals surface area (Å²) in [6, 6.07) is 1.95. The Labute approximate surface area is 106 Å². The minimum atomic E-state index is -4.42. The predicted octanol–water partition coefficient (Wildman–Crippen LogP) is 3.73. The zero-order valence-corrected chi connectivity index (χ0v) is 10.2. The Morgan fingerprint density at radius 3 is 2.67 bits per heavy atom. The third-order valence-electron chi connectivity index (χ3n) is 2.29. The second kappa shape index (κ2) is 4.93. The number of anilines is 1. The van der Waals surface area contributed by atoms with Crippen molar-refractivity contribution in [1.82, 2.24) is 9.97 Å². The molecule has 96 valence electrons. The van der Waals surface area contributed by atoms with Crippen molar-refractivity contribution >= 4 is 17.2 Å².